The second kappa shape index (κ2) is 7.28. The Morgan fingerprint density at radius 2 is 1.96 bits per heavy atom. The Bertz CT molecular complexity index is 750. The maximum atomic E-state index is 12.9. The molecule has 2 aromatic rings. The van der Waals surface area contributed by atoms with Crippen molar-refractivity contribution in [1.29, 1.82) is 0 Å². The summed E-state index contributed by atoms with van der Waals surface area (Å²) in [4.78, 5) is 13.4. The minimum Gasteiger partial charge on any atom is -0.433 e. The van der Waals surface area contributed by atoms with E-state index < -0.39 is 29.0 Å². The van der Waals surface area contributed by atoms with Crippen molar-refractivity contribution in [3.05, 3.63) is 57.9 Å². The van der Waals surface area contributed by atoms with Crippen LogP contribution in [0.25, 0.3) is 0 Å². The van der Waals surface area contributed by atoms with Crippen molar-refractivity contribution < 1.29 is 31.6 Å². The van der Waals surface area contributed by atoms with Crippen LogP contribution in [0.2, 0.25) is 0 Å². The largest absolute Gasteiger partial charge is 0.433 e. The van der Waals surface area contributed by atoms with Crippen molar-refractivity contribution in [3.63, 3.8) is 0 Å². The number of nitro groups is 1. The number of nitrogens with one attached hydrogen (secondary N) is 1. The van der Waals surface area contributed by atoms with Gasteiger partial charge in [-0.25, -0.2) is 0 Å². The van der Waals surface area contributed by atoms with Crippen LogP contribution in [0.3, 0.4) is 0 Å². The van der Waals surface area contributed by atoms with Crippen LogP contribution >= 0.6 is 0 Å². The summed E-state index contributed by atoms with van der Waals surface area (Å²) in [5, 5.41) is 13.3. The summed E-state index contributed by atoms with van der Waals surface area (Å²) in [5.41, 5.74) is -2.10. The number of nitro benzene ring substituents is 1. The van der Waals surface area contributed by atoms with Crippen LogP contribution < -0.4 is 10.1 Å². The van der Waals surface area contributed by atoms with Gasteiger partial charge in [-0.2, -0.15) is 22.0 Å². The zero-order valence-corrected chi connectivity index (χ0v) is 12.3. The lowest BCUT2D eigenvalue weighted by Crippen LogP contribution is -2.10. The minimum atomic E-state index is -4.88. The smallest absolute Gasteiger partial charge is 0.423 e. The molecule has 6 nitrogen and oxygen atoms in total. The number of anilines is 1. The summed E-state index contributed by atoms with van der Waals surface area (Å²) in [5.74, 6) is -0.159. The van der Waals surface area contributed by atoms with Gasteiger partial charge in [0, 0.05) is 11.8 Å². The van der Waals surface area contributed by atoms with E-state index >= 15 is 0 Å². The predicted molar refractivity (Wildman–Crippen MR) is 76.3 cm³/mol. The Balaban J connectivity index is 2.11. The average molecular weight is 363 g/mol. The number of alkyl halides is 5. The summed E-state index contributed by atoms with van der Waals surface area (Å²) in [6.07, 6.45) is -3.84. The maximum absolute atomic E-state index is 12.9. The number of hydrogen-bond acceptors (Lipinski definition) is 5. The number of halogens is 5. The molecule has 1 aromatic heterocycles. The fourth-order valence-corrected chi connectivity index (χ4v) is 1.91. The molecule has 0 aliphatic rings. The molecule has 0 saturated heterocycles. The van der Waals surface area contributed by atoms with E-state index in [9.17, 15) is 32.1 Å². The molecule has 11 heteroatoms. The summed E-state index contributed by atoms with van der Waals surface area (Å²) in [6.45, 7) is -3.02. The highest BCUT2D eigenvalue weighted by atomic mass is 19.4. The molecule has 0 amide bonds. The highest BCUT2D eigenvalue weighted by Gasteiger charge is 2.38. The highest BCUT2D eigenvalue weighted by Crippen LogP contribution is 2.37. The van der Waals surface area contributed by atoms with E-state index in [4.69, 9.17) is 0 Å². The zero-order chi connectivity index (χ0) is 18.6. The van der Waals surface area contributed by atoms with Crippen molar-refractivity contribution in [3.8, 4) is 5.75 Å². The van der Waals surface area contributed by atoms with Crippen molar-refractivity contribution in [1.82, 2.24) is 4.98 Å². The summed E-state index contributed by atoms with van der Waals surface area (Å²) in [7, 11) is 0. The molecule has 0 atom stereocenters. The molecule has 0 spiro atoms. The van der Waals surface area contributed by atoms with Crippen LogP contribution in [0.5, 0.6) is 5.75 Å². The normalized spacial score (nSPS) is 11.4. The van der Waals surface area contributed by atoms with E-state index in [1.54, 1.807) is 0 Å². The number of hydrogen-bond donors (Lipinski definition) is 1. The van der Waals surface area contributed by atoms with Gasteiger partial charge in [-0.05, 0) is 24.3 Å². The third kappa shape index (κ3) is 4.99. The Kier molecular flexibility index (Phi) is 5.35. The fraction of sp³-hybridized carbons (Fsp3) is 0.214. The van der Waals surface area contributed by atoms with Gasteiger partial charge in [0.05, 0.1) is 23.4 Å². The molecule has 1 heterocycles. The topological polar surface area (TPSA) is 77.3 Å². The quantitative estimate of drug-likeness (QED) is 0.472. The molecular weight excluding hydrogens is 353 g/mol. The van der Waals surface area contributed by atoms with Gasteiger partial charge in [0.2, 0.25) is 0 Å². The van der Waals surface area contributed by atoms with E-state index in [1.165, 1.54) is 12.1 Å². The second-order valence-electron chi connectivity index (χ2n) is 4.70. The molecule has 2 rings (SSSR count). The molecule has 1 N–H and O–H groups in total. The van der Waals surface area contributed by atoms with Crippen molar-refractivity contribution in [2.24, 2.45) is 0 Å². The van der Waals surface area contributed by atoms with Crippen molar-refractivity contribution in [2.75, 3.05) is 5.32 Å². The van der Waals surface area contributed by atoms with Gasteiger partial charge in [0.25, 0.3) is 5.69 Å². The minimum absolute atomic E-state index is 0.00682. The van der Waals surface area contributed by atoms with E-state index in [0.29, 0.717) is 11.8 Å². The van der Waals surface area contributed by atoms with E-state index in [1.807, 2.05) is 0 Å². The van der Waals surface area contributed by atoms with Gasteiger partial charge in [-0.15, -0.1) is 0 Å². The van der Waals surface area contributed by atoms with Crippen molar-refractivity contribution >= 4 is 11.4 Å². The van der Waals surface area contributed by atoms with Crippen molar-refractivity contribution in [2.45, 2.75) is 19.3 Å². The molecule has 0 aliphatic heterocycles. The maximum Gasteiger partial charge on any atom is 0.423 e. The van der Waals surface area contributed by atoms with Gasteiger partial charge in [0.1, 0.15) is 11.3 Å². The monoisotopic (exact) mass is 363 g/mol. The van der Waals surface area contributed by atoms with Gasteiger partial charge < -0.3 is 10.1 Å². The molecule has 1 aromatic carbocycles. The number of nitrogens with zero attached hydrogens (tertiary/aromatic N) is 2. The molecular formula is C14H10F5N3O3. The number of pyridine rings is 1. The fourth-order valence-electron chi connectivity index (χ4n) is 1.91. The zero-order valence-electron chi connectivity index (χ0n) is 12.3. The Morgan fingerprint density at radius 3 is 2.48 bits per heavy atom. The lowest BCUT2D eigenvalue weighted by atomic mass is 10.1. The first-order valence-corrected chi connectivity index (χ1v) is 6.66. The number of ether oxygens (including phenoxy) is 1. The molecule has 0 unspecified atom stereocenters. The first kappa shape index (κ1) is 18.4. The van der Waals surface area contributed by atoms with Gasteiger partial charge >= 0.3 is 12.8 Å². The standard InChI is InChI=1S/C14H10F5N3O3/c15-13(16)25-10-3-1-9(21-7-10)6-20-8-2-4-12(22(23)24)11(5-8)14(17,18)19/h1-5,7,13,20H,6H2. The SMILES string of the molecule is O=[N+]([O-])c1ccc(NCc2ccc(OC(F)F)cn2)cc1C(F)(F)F. The summed E-state index contributed by atoms with van der Waals surface area (Å²) in [6, 6.07) is 5.07. The third-order valence-corrected chi connectivity index (χ3v) is 3.00. The predicted octanol–water partition coefficient (Wildman–Crippen LogP) is 4.22. The van der Waals surface area contributed by atoms with Gasteiger partial charge in [-0.3, -0.25) is 15.1 Å². The first-order chi connectivity index (χ1) is 11.7. The Morgan fingerprint density at radius 1 is 1.24 bits per heavy atom. The van der Waals surface area contributed by atoms with Crippen LogP contribution in [-0.4, -0.2) is 16.5 Å². The molecule has 0 saturated carbocycles. The second-order valence-corrected chi connectivity index (χ2v) is 4.70. The lowest BCUT2D eigenvalue weighted by molar-refractivity contribution is -0.388. The number of aromatic nitrogens is 1. The van der Waals surface area contributed by atoms with E-state index in [-0.39, 0.29) is 18.0 Å². The molecule has 0 bridgehead atoms. The molecule has 25 heavy (non-hydrogen) atoms. The van der Waals surface area contributed by atoms with Crippen LogP contribution in [0, 0.1) is 10.1 Å². The summed E-state index contributed by atoms with van der Waals surface area (Å²) >= 11 is 0. The molecule has 134 valence electrons. The van der Waals surface area contributed by atoms with Crippen LogP contribution in [0.1, 0.15) is 11.3 Å². The molecule has 0 aliphatic carbocycles. The first-order valence-electron chi connectivity index (χ1n) is 6.66. The average Bonchev–Trinajstić information content (AvgIpc) is 2.52. The summed E-state index contributed by atoms with van der Waals surface area (Å²) < 4.78 is 66.8. The molecule has 0 fully saturated rings. The molecule has 0 radical (unpaired) electrons. The Labute approximate surface area is 137 Å². The Hall–Kier alpha value is -2.98. The van der Waals surface area contributed by atoms with Crippen LogP contribution in [-0.2, 0) is 12.7 Å². The van der Waals surface area contributed by atoms with Crippen LogP contribution in [0.4, 0.5) is 33.3 Å². The van der Waals surface area contributed by atoms with Gasteiger partial charge in [-0.1, -0.05) is 0 Å². The third-order valence-electron chi connectivity index (χ3n) is 3.00. The number of benzene rings is 1. The van der Waals surface area contributed by atoms with Crippen LogP contribution in [0.15, 0.2) is 36.5 Å². The van der Waals surface area contributed by atoms with Gasteiger partial charge in [0.15, 0.2) is 0 Å². The van der Waals surface area contributed by atoms with E-state index in [2.05, 4.69) is 15.0 Å². The lowest BCUT2D eigenvalue weighted by Gasteiger charge is -2.11. The highest BCUT2D eigenvalue weighted by molar-refractivity contribution is 5.55. The van der Waals surface area contributed by atoms with E-state index in [0.717, 1.165) is 18.3 Å². The number of rotatable bonds is 6.